The lowest BCUT2D eigenvalue weighted by Crippen LogP contribution is -2.22. The minimum atomic E-state index is -0.119. The molecule has 1 aromatic carbocycles. The SMILES string of the molecule is Cc1cccc(C(=O)c2c(Br)cnn2CCN(C)C)c1Cl. The van der Waals surface area contributed by atoms with Gasteiger partial charge in [-0.2, -0.15) is 5.10 Å². The summed E-state index contributed by atoms with van der Waals surface area (Å²) < 4.78 is 2.40. The Kier molecular flexibility index (Phi) is 5.19. The minimum absolute atomic E-state index is 0.119. The van der Waals surface area contributed by atoms with Crippen LogP contribution in [-0.2, 0) is 6.54 Å². The number of carbonyl (C=O) groups is 1. The molecule has 0 fully saturated rings. The van der Waals surface area contributed by atoms with Gasteiger partial charge >= 0.3 is 0 Å². The average Bonchev–Trinajstić information content (AvgIpc) is 2.80. The minimum Gasteiger partial charge on any atom is -0.308 e. The molecule has 0 aliphatic heterocycles. The Labute approximate surface area is 137 Å². The van der Waals surface area contributed by atoms with Gasteiger partial charge in [0.25, 0.3) is 0 Å². The van der Waals surface area contributed by atoms with E-state index in [2.05, 4.69) is 21.0 Å². The molecule has 0 amide bonds. The third kappa shape index (κ3) is 3.54. The van der Waals surface area contributed by atoms with Crippen LogP contribution in [0.4, 0.5) is 0 Å². The van der Waals surface area contributed by atoms with Gasteiger partial charge in [-0.3, -0.25) is 9.48 Å². The van der Waals surface area contributed by atoms with Crippen LogP contribution in [-0.4, -0.2) is 41.1 Å². The number of rotatable bonds is 5. The van der Waals surface area contributed by atoms with E-state index in [0.717, 1.165) is 12.1 Å². The van der Waals surface area contributed by atoms with Gasteiger partial charge in [-0.25, -0.2) is 0 Å². The first kappa shape index (κ1) is 16.2. The van der Waals surface area contributed by atoms with Crippen molar-refractivity contribution < 1.29 is 4.79 Å². The van der Waals surface area contributed by atoms with Crippen LogP contribution in [0.1, 0.15) is 21.6 Å². The predicted molar refractivity (Wildman–Crippen MR) is 88.1 cm³/mol. The van der Waals surface area contributed by atoms with E-state index in [1.165, 1.54) is 0 Å². The van der Waals surface area contributed by atoms with E-state index < -0.39 is 0 Å². The lowest BCUT2D eigenvalue weighted by Gasteiger charge is -2.12. The first-order valence-electron chi connectivity index (χ1n) is 6.57. The number of likely N-dealkylation sites (N-methyl/N-ethyl adjacent to an activating group) is 1. The summed E-state index contributed by atoms with van der Waals surface area (Å²) in [5.41, 5.74) is 1.92. The van der Waals surface area contributed by atoms with Gasteiger partial charge < -0.3 is 4.90 Å². The second kappa shape index (κ2) is 6.73. The first-order chi connectivity index (χ1) is 9.91. The number of halogens is 2. The number of hydrogen-bond donors (Lipinski definition) is 0. The highest BCUT2D eigenvalue weighted by atomic mass is 79.9. The molecule has 2 rings (SSSR count). The molecular formula is C15H17BrClN3O. The fraction of sp³-hybridized carbons (Fsp3) is 0.333. The summed E-state index contributed by atoms with van der Waals surface area (Å²) >= 11 is 9.67. The third-order valence-corrected chi connectivity index (χ3v) is 4.29. The smallest absolute Gasteiger partial charge is 0.213 e. The summed E-state index contributed by atoms with van der Waals surface area (Å²) in [5, 5.41) is 4.76. The maximum absolute atomic E-state index is 12.8. The maximum atomic E-state index is 12.8. The predicted octanol–water partition coefficient (Wildman–Crippen LogP) is 3.40. The van der Waals surface area contributed by atoms with Crippen molar-refractivity contribution in [2.75, 3.05) is 20.6 Å². The summed E-state index contributed by atoms with van der Waals surface area (Å²) in [6, 6.07) is 5.47. The van der Waals surface area contributed by atoms with Crippen LogP contribution in [0, 0.1) is 6.92 Å². The number of ketones is 1. The van der Waals surface area contributed by atoms with Crippen molar-refractivity contribution in [3.63, 3.8) is 0 Å². The number of benzene rings is 1. The van der Waals surface area contributed by atoms with Gasteiger partial charge in [-0.1, -0.05) is 23.7 Å². The standard InChI is InChI=1S/C15H17BrClN3O/c1-10-5-4-6-11(13(10)17)15(21)14-12(16)9-18-20(14)8-7-19(2)3/h4-6,9H,7-8H2,1-3H3. The van der Waals surface area contributed by atoms with Crippen molar-refractivity contribution in [2.24, 2.45) is 0 Å². The summed E-state index contributed by atoms with van der Waals surface area (Å²) in [5.74, 6) is -0.119. The van der Waals surface area contributed by atoms with Crippen molar-refractivity contribution in [3.05, 3.63) is 50.7 Å². The molecule has 0 aliphatic carbocycles. The quantitative estimate of drug-likeness (QED) is 0.757. The Bertz CT molecular complexity index is 667. The summed E-state index contributed by atoms with van der Waals surface area (Å²) in [7, 11) is 3.97. The van der Waals surface area contributed by atoms with Crippen LogP contribution in [0.25, 0.3) is 0 Å². The van der Waals surface area contributed by atoms with Gasteiger partial charge in [0, 0.05) is 12.1 Å². The topological polar surface area (TPSA) is 38.1 Å². The average molecular weight is 371 g/mol. The molecule has 21 heavy (non-hydrogen) atoms. The molecule has 0 aliphatic rings. The molecule has 0 spiro atoms. The monoisotopic (exact) mass is 369 g/mol. The van der Waals surface area contributed by atoms with E-state index in [9.17, 15) is 4.79 Å². The van der Waals surface area contributed by atoms with E-state index in [0.29, 0.717) is 27.3 Å². The molecule has 0 bridgehead atoms. The van der Waals surface area contributed by atoms with Crippen molar-refractivity contribution in [2.45, 2.75) is 13.5 Å². The Hall–Kier alpha value is -1.17. The molecule has 0 N–H and O–H groups in total. The number of hydrogen-bond acceptors (Lipinski definition) is 3. The number of aryl methyl sites for hydroxylation is 1. The molecule has 0 radical (unpaired) electrons. The lowest BCUT2D eigenvalue weighted by atomic mass is 10.1. The van der Waals surface area contributed by atoms with E-state index in [1.807, 2.05) is 38.1 Å². The van der Waals surface area contributed by atoms with Gasteiger partial charge in [0.15, 0.2) is 0 Å². The largest absolute Gasteiger partial charge is 0.308 e. The highest BCUT2D eigenvalue weighted by molar-refractivity contribution is 9.10. The molecule has 6 heteroatoms. The van der Waals surface area contributed by atoms with Crippen molar-refractivity contribution >= 4 is 33.3 Å². The molecular weight excluding hydrogens is 354 g/mol. The molecule has 112 valence electrons. The van der Waals surface area contributed by atoms with Gasteiger partial charge in [0.1, 0.15) is 5.69 Å². The van der Waals surface area contributed by atoms with Crippen molar-refractivity contribution in [3.8, 4) is 0 Å². The fourth-order valence-electron chi connectivity index (χ4n) is 2.00. The normalized spacial score (nSPS) is 11.1. The van der Waals surface area contributed by atoms with Crippen LogP contribution in [0.15, 0.2) is 28.9 Å². The Morgan fingerprint density at radius 1 is 1.43 bits per heavy atom. The summed E-state index contributed by atoms with van der Waals surface area (Å²) in [6.07, 6.45) is 1.65. The molecule has 4 nitrogen and oxygen atoms in total. The van der Waals surface area contributed by atoms with Crippen LogP contribution < -0.4 is 0 Å². The molecule has 0 saturated heterocycles. The van der Waals surface area contributed by atoms with Crippen molar-refractivity contribution in [1.82, 2.24) is 14.7 Å². The van der Waals surface area contributed by atoms with Crippen LogP contribution >= 0.6 is 27.5 Å². The van der Waals surface area contributed by atoms with Crippen LogP contribution in [0.3, 0.4) is 0 Å². The highest BCUT2D eigenvalue weighted by Crippen LogP contribution is 2.26. The van der Waals surface area contributed by atoms with E-state index in [4.69, 9.17) is 11.6 Å². The molecule has 0 unspecified atom stereocenters. The summed E-state index contributed by atoms with van der Waals surface area (Å²) in [4.78, 5) is 14.8. The number of carbonyl (C=O) groups excluding carboxylic acids is 1. The zero-order valence-corrected chi connectivity index (χ0v) is 14.6. The Balaban J connectivity index is 2.39. The van der Waals surface area contributed by atoms with E-state index in [1.54, 1.807) is 16.9 Å². The van der Waals surface area contributed by atoms with Gasteiger partial charge in [-0.15, -0.1) is 0 Å². The fourth-order valence-corrected chi connectivity index (χ4v) is 2.69. The van der Waals surface area contributed by atoms with Gasteiger partial charge in [0.05, 0.1) is 22.2 Å². The van der Waals surface area contributed by atoms with Crippen LogP contribution in [0.5, 0.6) is 0 Å². The number of aromatic nitrogens is 2. The Morgan fingerprint density at radius 3 is 2.81 bits per heavy atom. The van der Waals surface area contributed by atoms with Gasteiger partial charge in [0.2, 0.25) is 5.78 Å². The van der Waals surface area contributed by atoms with Gasteiger partial charge in [-0.05, 0) is 48.6 Å². The highest BCUT2D eigenvalue weighted by Gasteiger charge is 2.21. The summed E-state index contributed by atoms with van der Waals surface area (Å²) in [6.45, 7) is 3.33. The van der Waals surface area contributed by atoms with E-state index in [-0.39, 0.29) is 5.78 Å². The molecule has 1 aromatic heterocycles. The zero-order chi connectivity index (χ0) is 15.6. The lowest BCUT2D eigenvalue weighted by molar-refractivity contribution is 0.102. The first-order valence-corrected chi connectivity index (χ1v) is 7.74. The Morgan fingerprint density at radius 2 is 2.14 bits per heavy atom. The second-order valence-corrected chi connectivity index (χ2v) is 6.37. The van der Waals surface area contributed by atoms with E-state index >= 15 is 0 Å². The molecule has 0 atom stereocenters. The van der Waals surface area contributed by atoms with Crippen molar-refractivity contribution in [1.29, 1.82) is 0 Å². The second-order valence-electron chi connectivity index (χ2n) is 5.13. The molecule has 2 aromatic rings. The van der Waals surface area contributed by atoms with Crippen LogP contribution in [0.2, 0.25) is 5.02 Å². The third-order valence-electron chi connectivity index (χ3n) is 3.21. The zero-order valence-electron chi connectivity index (χ0n) is 12.2. The number of nitrogens with zero attached hydrogens (tertiary/aromatic N) is 3. The maximum Gasteiger partial charge on any atom is 0.213 e. The molecule has 0 saturated carbocycles. The molecule has 1 heterocycles.